The predicted molar refractivity (Wildman–Crippen MR) is 39.5 cm³/mol. The lowest BCUT2D eigenvalue weighted by Crippen LogP contribution is -2.04. The molecule has 5 heteroatoms. The van der Waals surface area contributed by atoms with Crippen LogP contribution >= 0.6 is 0 Å². The molecule has 0 aromatic heterocycles. The molecule has 0 radical (unpaired) electrons. The molecule has 0 bridgehead atoms. The minimum atomic E-state index is -1.47. The van der Waals surface area contributed by atoms with Crippen LogP contribution in [-0.4, -0.2) is 28.8 Å². The fraction of sp³-hybridized carbons (Fsp3) is 0.143. The topological polar surface area (TPSA) is 83.8 Å². The Labute approximate surface area is 68.6 Å². The van der Waals surface area contributed by atoms with Crippen molar-refractivity contribution in [3.63, 3.8) is 0 Å². The van der Waals surface area contributed by atoms with E-state index in [1.54, 1.807) is 0 Å². The number of aliphatic carboxylic acids is 1. The predicted octanol–water partition coefficient (Wildman–Crippen LogP) is 0.242. The Morgan fingerprint density at radius 1 is 1.42 bits per heavy atom. The van der Waals surface area contributed by atoms with Crippen molar-refractivity contribution in [3.05, 3.63) is 24.5 Å². The molecule has 0 fully saturated rings. The van der Waals surface area contributed by atoms with Gasteiger partial charge in [-0.15, -0.1) is 0 Å². The number of carboxylic acids is 1. The highest BCUT2D eigenvalue weighted by Crippen LogP contribution is 1.88. The molecule has 0 aliphatic carbocycles. The average molecular weight is 172 g/mol. The molecular formula is C7H8O5. The molecule has 5 nitrogen and oxygen atoms in total. The molecule has 0 aliphatic rings. The first-order valence-electron chi connectivity index (χ1n) is 2.99. The minimum absolute atomic E-state index is 0.289. The number of rotatable bonds is 4. The van der Waals surface area contributed by atoms with Gasteiger partial charge in [0.1, 0.15) is 6.61 Å². The molecule has 0 saturated carbocycles. The molecule has 0 spiro atoms. The van der Waals surface area contributed by atoms with Crippen molar-refractivity contribution in [2.45, 2.75) is 0 Å². The number of esters is 1. The summed E-state index contributed by atoms with van der Waals surface area (Å²) in [6.45, 7) is 2.83. The Morgan fingerprint density at radius 3 is 2.42 bits per heavy atom. The molecule has 0 rings (SSSR count). The lowest BCUT2D eigenvalue weighted by Gasteiger charge is -1.95. The van der Waals surface area contributed by atoms with Crippen molar-refractivity contribution in [2.24, 2.45) is 0 Å². The van der Waals surface area contributed by atoms with E-state index in [0.717, 1.165) is 12.2 Å². The number of hydrogen-bond acceptors (Lipinski definition) is 4. The molecule has 2 N–H and O–H groups in total. The van der Waals surface area contributed by atoms with Crippen molar-refractivity contribution < 1.29 is 24.5 Å². The Hall–Kier alpha value is -1.78. The number of aliphatic hydroxyl groups is 1. The lowest BCUT2D eigenvalue weighted by molar-refractivity contribution is -0.138. The summed E-state index contributed by atoms with van der Waals surface area (Å²) in [6, 6.07) is 0. The van der Waals surface area contributed by atoms with Crippen molar-refractivity contribution in [1.82, 2.24) is 0 Å². The van der Waals surface area contributed by atoms with Gasteiger partial charge in [0.15, 0.2) is 0 Å². The van der Waals surface area contributed by atoms with Crippen LogP contribution in [-0.2, 0) is 14.3 Å². The zero-order valence-corrected chi connectivity index (χ0v) is 6.19. The van der Waals surface area contributed by atoms with Crippen molar-refractivity contribution in [3.8, 4) is 0 Å². The van der Waals surface area contributed by atoms with Crippen LogP contribution in [0.2, 0.25) is 0 Å². The summed E-state index contributed by atoms with van der Waals surface area (Å²) in [5.41, 5.74) is 0. The first-order valence-corrected chi connectivity index (χ1v) is 2.99. The molecular weight excluding hydrogens is 164 g/mol. The van der Waals surface area contributed by atoms with Crippen LogP contribution in [0.5, 0.6) is 0 Å². The molecule has 0 unspecified atom stereocenters. The van der Waals surface area contributed by atoms with Crippen LogP contribution in [0, 0.1) is 0 Å². The van der Waals surface area contributed by atoms with E-state index < -0.39 is 17.7 Å². The Kier molecular flexibility index (Phi) is 4.21. The van der Waals surface area contributed by atoms with E-state index in [-0.39, 0.29) is 6.61 Å². The smallest absolute Gasteiger partial charge is 0.370 e. The van der Waals surface area contributed by atoms with Crippen molar-refractivity contribution in [2.75, 3.05) is 6.61 Å². The maximum atomic E-state index is 10.4. The molecule has 0 amide bonds. The number of aliphatic hydroxyl groups excluding tert-OH is 1. The van der Waals surface area contributed by atoms with E-state index in [9.17, 15) is 9.59 Å². The van der Waals surface area contributed by atoms with Gasteiger partial charge in [0.05, 0.1) is 0 Å². The first-order chi connectivity index (χ1) is 5.57. The number of hydrogen-bond donors (Lipinski definition) is 2. The fourth-order valence-electron chi connectivity index (χ4n) is 0.349. The van der Waals surface area contributed by atoms with E-state index in [0.29, 0.717) is 0 Å². The molecule has 0 heterocycles. The quantitative estimate of drug-likeness (QED) is 0.360. The summed E-state index contributed by atoms with van der Waals surface area (Å²) >= 11 is 0. The third-order valence-corrected chi connectivity index (χ3v) is 0.888. The summed E-state index contributed by atoms with van der Waals surface area (Å²) in [5, 5.41) is 16.7. The Balaban J connectivity index is 3.82. The van der Waals surface area contributed by atoms with Gasteiger partial charge in [-0.05, 0) is 0 Å². The highest BCUT2D eigenvalue weighted by molar-refractivity contribution is 5.84. The van der Waals surface area contributed by atoms with Gasteiger partial charge >= 0.3 is 11.9 Å². The number of carbonyl (C=O) groups excluding carboxylic acids is 1. The lowest BCUT2D eigenvalue weighted by atomic mass is 10.4. The number of carboxylic acid groups (broad SMARTS) is 1. The van der Waals surface area contributed by atoms with Crippen LogP contribution in [0.3, 0.4) is 0 Å². The number of carbonyl (C=O) groups is 2. The second-order valence-corrected chi connectivity index (χ2v) is 1.73. The Morgan fingerprint density at radius 2 is 2.00 bits per heavy atom. The Bertz CT molecular complexity index is 228. The SMILES string of the molecule is C=CC(=O)OCC=C(O)C(=O)O. The van der Waals surface area contributed by atoms with E-state index in [2.05, 4.69) is 11.3 Å². The van der Waals surface area contributed by atoms with Crippen LogP contribution in [0.25, 0.3) is 0 Å². The van der Waals surface area contributed by atoms with Crippen LogP contribution in [0.1, 0.15) is 0 Å². The van der Waals surface area contributed by atoms with Crippen LogP contribution in [0.4, 0.5) is 0 Å². The summed E-state index contributed by atoms with van der Waals surface area (Å²) < 4.78 is 4.36. The van der Waals surface area contributed by atoms with Gasteiger partial charge in [0.2, 0.25) is 5.76 Å². The van der Waals surface area contributed by atoms with Crippen LogP contribution < -0.4 is 0 Å². The monoisotopic (exact) mass is 172 g/mol. The molecule has 0 aliphatic heterocycles. The van der Waals surface area contributed by atoms with E-state index >= 15 is 0 Å². The molecule has 12 heavy (non-hydrogen) atoms. The molecule has 0 atom stereocenters. The van der Waals surface area contributed by atoms with Gasteiger partial charge in [-0.1, -0.05) is 6.58 Å². The minimum Gasteiger partial charge on any atom is -0.502 e. The van der Waals surface area contributed by atoms with Crippen molar-refractivity contribution >= 4 is 11.9 Å². The summed E-state index contributed by atoms with van der Waals surface area (Å²) in [4.78, 5) is 20.3. The molecule has 0 aromatic rings. The molecule has 0 saturated heterocycles. The zero-order valence-electron chi connectivity index (χ0n) is 6.19. The summed E-state index contributed by atoms with van der Waals surface area (Å²) in [6.07, 6.45) is 1.80. The van der Waals surface area contributed by atoms with Gasteiger partial charge < -0.3 is 14.9 Å². The summed E-state index contributed by atoms with van der Waals surface area (Å²) in [5.74, 6) is -3.00. The van der Waals surface area contributed by atoms with Gasteiger partial charge in [0, 0.05) is 12.2 Å². The largest absolute Gasteiger partial charge is 0.502 e. The number of ether oxygens (including phenoxy) is 1. The third kappa shape index (κ3) is 4.10. The van der Waals surface area contributed by atoms with E-state index in [1.165, 1.54) is 0 Å². The molecule has 66 valence electrons. The highest BCUT2D eigenvalue weighted by Gasteiger charge is 2.02. The van der Waals surface area contributed by atoms with E-state index in [4.69, 9.17) is 10.2 Å². The zero-order chi connectivity index (χ0) is 9.56. The van der Waals surface area contributed by atoms with Crippen molar-refractivity contribution in [1.29, 1.82) is 0 Å². The van der Waals surface area contributed by atoms with Gasteiger partial charge in [0.25, 0.3) is 0 Å². The standard InChI is InChI=1S/C7H8O5/c1-2-6(9)12-4-3-5(8)7(10)11/h2-3,8H,1,4H2,(H,10,11). The normalized spacial score (nSPS) is 10.5. The van der Waals surface area contributed by atoms with Gasteiger partial charge in [-0.25, -0.2) is 9.59 Å². The van der Waals surface area contributed by atoms with Crippen LogP contribution in [0.15, 0.2) is 24.5 Å². The van der Waals surface area contributed by atoms with Gasteiger partial charge in [-0.3, -0.25) is 0 Å². The third-order valence-electron chi connectivity index (χ3n) is 0.888. The average Bonchev–Trinajstić information content (AvgIpc) is 2.03. The second-order valence-electron chi connectivity index (χ2n) is 1.73. The highest BCUT2D eigenvalue weighted by atomic mass is 16.5. The van der Waals surface area contributed by atoms with Gasteiger partial charge in [-0.2, -0.15) is 0 Å². The fourth-order valence-corrected chi connectivity index (χ4v) is 0.349. The summed E-state index contributed by atoms with van der Waals surface area (Å²) in [7, 11) is 0. The van der Waals surface area contributed by atoms with E-state index in [1.807, 2.05) is 0 Å². The maximum absolute atomic E-state index is 10.4. The maximum Gasteiger partial charge on any atom is 0.370 e. The molecule has 0 aromatic carbocycles. The first kappa shape index (κ1) is 10.2. The second kappa shape index (κ2) is 4.95.